The molecular formula is C23H46N2. The van der Waals surface area contributed by atoms with Crippen LogP contribution in [-0.2, 0) is 0 Å². The van der Waals surface area contributed by atoms with Crippen molar-refractivity contribution in [2.75, 3.05) is 0 Å². The van der Waals surface area contributed by atoms with E-state index in [0.29, 0.717) is 22.9 Å². The third-order valence-corrected chi connectivity index (χ3v) is 8.68. The highest BCUT2D eigenvalue weighted by Gasteiger charge is 2.56. The first-order valence-electron chi connectivity index (χ1n) is 11.3. The van der Waals surface area contributed by atoms with E-state index in [1.807, 2.05) is 13.8 Å². The number of hydrogen-bond donors (Lipinski definition) is 2. The molecule has 3 rings (SSSR count). The lowest BCUT2D eigenvalue weighted by molar-refractivity contribution is -0.0569. The lowest BCUT2D eigenvalue weighted by Crippen LogP contribution is -2.50. The van der Waals surface area contributed by atoms with Crippen LogP contribution in [-0.4, -0.2) is 12.1 Å². The van der Waals surface area contributed by atoms with Crippen molar-refractivity contribution in [3.8, 4) is 0 Å². The molecule has 2 heteroatoms. The molecule has 2 nitrogen and oxygen atoms in total. The predicted octanol–water partition coefficient (Wildman–Crippen LogP) is 5.74. The topological polar surface area (TPSA) is 52.0 Å². The van der Waals surface area contributed by atoms with Gasteiger partial charge in [-0.2, -0.15) is 0 Å². The van der Waals surface area contributed by atoms with Crippen LogP contribution in [0.5, 0.6) is 0 Å². The van der Waals surface area contributed by atoms with Gasteiger partial charge in [0.05, 0.1) is 0 Å². The fourth-order valence-corrected chi connectivity index (χ4v) is 7.30. The van der Waals surface area contributed by atoms with Crippen LogP contribution >= 0.6 is 0 Å². The number of nitrogens with two attached hydrogens (primary N) is 2. The summed E-state index contributed by atoms with van der Waals surface area (Å²) >= 11 is 0. The van der Waals surface area contributed by atoms with Crippen LogP contribution < -0.4 is 11.5 Å². The Labute approximate surface area is 157 Å². The van der Waals surface area contributed by atoms with Crippen molar-refractivity contribution in [3.63, 3.8) is 0 Å². The van der Waals surface area contributed by atoms with Gasteiger partial charge in [-0.15, -0.1) is 0 Å². The van der Waals surface area contributed by atoms with Gasteiger partial charge in [0.1, 0.15) is 0 Å². The molecule has 148 valence electrons. The molecule has 3 aliphatic rings. The van der Waals surface area contributed by atoms with Gasteiger partial charge in [-0.25, -0.2) is 0 Å². The molecule has 0 radical (unpaired) electrons. The first-order valence-corrected chi connectivity index (χ1v) is 11.3. The van der Waals surface area contributed by atoms with E-state index in [1.165, 1.54) is 57.8 Å². The Kier molecular flexibility index (Phi) is 7.04. The third-order valence-electron chi connectivity index (χ3n) is 8.68. The second-order valence-corrected chi connectivity index (χ2v) is 9.86. The second-order valence-electron chi connectivity index (χ2n) is 9.86. The predicted molar refractivity (Wildman–Crippen MR) is 110 cm³/mol. The van der Waals surface area contributed by atoms with E-state index in [0.717, 1.165) is 23.7 Å². The van der Waals surface area contributed by atoms with Crippen molar-refractivity contribution in [1.29, 1.82) is 0 Å². The molecule has 0 aromatic rings. The van der Waals surface area contributed by atoms with E-state index in [1.54, 1.807) is 0 Å². The normalized spacial score (nSPS) is 48.2. The summed E-state index contributed by atoms with van der Waals surface area (Å²) in [6.45, 7) is 13.9. The molecule has 0 saturated heterocycles. The number of fused-ring (bicyclic) bond motifs is 1. The van der Waals surface area contributed by atoms with Gasteiger partial charge in [0.15, 0.2) is 0 Å². The standard InChI is InChI=1S/C21H40N2.C2H6/c1-5-16-18(20(3)11-8-15(23)9-12-20)10-13-21(4)17(14(2)22)6-7-19(16)21;1-2/h14-19H,5-13,22-23H2,1-4H3;1-2H3. The van der Waals surface area contributed by atoms with Crippen molar-refractivity contribution in [3.05, 3.63) is 0 Å². The average molecular weight is 351 g/mol. The Balaban J connectivity index is 0.00000109. The van der Waals surface area contributed by atoms with Crippen molar-refractivity contribution < 1.29 is 0 Å². The zero-order chi connectivity index (χ0) is 18.8. The van der Waals surface area contributed by atoms with Crippen molar-refractivity contribution in [2.24, 2.45) is 46.0 Å². The molecular weight excluding hydrogens is 304 g/mol. The minimum Gasteiger partial charge on any atom is -0.328 e. The van der Waals surface area contributed by atoms with Crippen LogP contribution in [0.2, 0.25) is 0 Å². The molecule has 0 aromatic heterocycles. The average Bonchev–Trinajstić information content (AvgIpc) is 2.96. The summed E-state index contributed by atoms with van der Waals surface area (Å²) in [7, 11) is 0. The maximum atomic E-state index is 6.38. The summed E-state index contributed by atoms with van der Waals surface area (Å²) in [4.78, 5) is 0. The number of hydrogen-bond acceptors (Lipinski definition) is 2. The Morgan fingerprint density at radius 3 is 2.04 bits per heavy atom. The highest BCUT2D eigenvalue weighted by molar-refractivity contribution is 5.06. The molecule has 3 aliphatic carbocycles. The maximum Gasteiger partial charge on any atom is 0.00440 e. The Morgan fingerprint density at radius 2 is 1.52 bits per heavy atom. The van der Waals surface area contributed by atoms with E-state index in [9.17, 15) is 0 Å². The molecule has 0 heterocycles. The Morgan fingerprint density at radius 1 is 0.920 bits per heavy atom. The molecule has 0 aromatic carbocycles. The summed E-state index contributed by atoms with van der Waals surface area (Å²) < 4.78 is 0. The monoisotopic (exact) mass is 350 g/mol. The first-order chi connectivity index (χ1) is 11.8. The number of rotatable bonds is 3. The molecule has 6 unspecified atom stereocenters. The van der Waals surface area contributed by atoms with Gasteiger partial charge in [-0.3, -0.25) is 0 Å². The highest BCUT2D eigenvalue weighted by Crippen LogP contribution is 2.64. The SMILES string of the molecule is CC.CCC1C(C2(C)CCC(N)CC2)CCC2(C)C(C(C)N)CCC12. The van der Waals surface area contributed by atoms with Gasteiger partial charge in [0.25, 0.3) is 0 Å². The Hall–Kier alpha value is -0.0800. The minimum absolute atomic E-state index is 0.363. The van der Waals surface area contributed by atoms with E-state index in [-0.39, 0.29) is 0 Å². The highest BCUT2D eigenvalue weighted by atomic mass is 14.7. The summed E-state index contributed by atoms with van der Waals surface area (Å²) in [6, 6.07) is 0.827. The summed E-state index contributed by atoms with van der Waals surface area (Å²) in [5, 5.41) is 0. The van der Waals surface area contributed by atoms with E-state index >= 15 is 0 Å². The molecule has 3 saturated carbocycles. The molecule has 0 amide bonds. The van der Waals surface area contributed by atoms with E-state index in [2.05, 4.69) is 27.7 Å². The molecule has 6 atom stereocenters. The largest absolute Gasteiger partial charge is 0.328 e. The quantitative estimate of drug-likeness (QED) is 0.682. The Bertz CT molecular complexity index is 410. The minimum atomic E-state index is 0.363. The molecule has 0 spiro atoms. The van der Waals surface area contributed by atoms with E-state index in [4.69, 9.17) is 11.5 Å². The molecule has 25 heavy (non-hydrogen) atoms. The van der Waals surface area contributed by atoms with Crippen LogP contribution in [0.1, 0.15) is 99.3 Å². The molecule has 0 bridgehead atoms. The van der Waals surface area contributed by atoms with Gasteiger partial charge < -0.3 is 11.5 Å². The van der Waals surface area contributed by atoms with Gasteiger partial charge in [0, 0.05) is 12.1 Å². The van der Waals surface area contributed by atoms with Gasteiger partial charge in [-0.1, -0.05) is 41.0 Å². The van der Waals surface area contributed by atoms with Crippen LogP contribution in [0.25, 0.3) is 0 Å². The van der Waals surface area contributed by atoms with Gasteiger partial charge in [-0.05, 0) is 92.8 Å². The zero-order valence-corrected chi connectivity index (χ0v) is 18.0. The van der Waals surface area contributed by atoms with Gasteiger partial charge in [0.2, 0.25) is 0 Å². The lowest BCUT2D eigenvalue weighted by atomic mass is 9.50. The van der Waals surface area contributed by atoms with Crippen LogP contribution in [0.4, 0.5) is 0 Å². The smallest absolute Gasteiger partial charge is 0.00440 e. The maximum absolute atomic E-state index is 6.38. The first kappa shape index (κ1) is 21.2. The van der Waals surface area contributed by atoms with Crippen molar-refractivity contribution in [2.45, 2.75) is 111 Å². The second kappa shape index (κ2) is 8.30. The van der Waals surface area contributed by atoms with Gasteiger partial charge >= 0.3 is 0 Å². The fourth-order valence-electron chi connectivity index (χ4n) is 7.30. The van der Waals surface area contributed by atoms with Crippen molar-refractivity contribution in [1.82, 2.24) is 0 Å². The van der Waals surface area contributed by atoms with E-state index < -0.39 is 0 Å². The lowest BCUT2D eigenvalue weighted by Gasteiger charge is -2.55. The fraction of sp³-hybridized carbons (Fsp3) is 1.00. The zero-order valence-electron chi connectivity index (χ0n) is 18.0. The summed E-state index contributed by atoms with van der Waals surface area (Å²) in [5.74, 6) is 3.49. The summed E-state index contributed by atoms with van der Waals surface area (Å²) in [5.41, 5.74) is 13.6. The summed E-state index contributed by atoms with van der Waals surface area (Å²) in [6.07, 6.45) is 12.2. The molecule has 0 aliphatic heterocycles. The molecule has 3 fully saturated rings. The van der Waals surface area contributed by atoms with Crippen molar-refractivity contribution >= 4 is 0 Å². The third kappa shape index (κ3) is 3.81. The van der Waals surface area contributed by atoms with Crippen LogP contribution in [0.15, 0.2) is 0 Å². The van der Waals surface area contributed by atoms with Crippen LogP contribution in [0.3, 0.4) is 0 Å². The molecule has 4 N–H and O–H groups in total. The van der Waals surface area contributed by atoms with Crippen LogP contribution in [0, 0.1) is 34.5 Å².